The van der Waals surface area contributed by atoms with Gasteiger partial charge < -0.3 is 109 Å². The maximum absolute atomic E-state index is 15.2. The number of H-pyrrole nitrogens is 2. The maximum Gasteiger partial charge on any atom is 0.344 e. The van der Waals surface area contributed by atoms with Crippen LogP contribution in [0.4, 0.5) is 11.4 Å². The Balaban J connectivity index is 0.000000170. The third-order valence-electron chi connectivity index (χ3n) is 31.1. The highest BCUT2D eigenvalue weighted by atomic mass is 16.6. The minimum atomic E-state index is -2.27. The molecule has 2 aromatic heterocycles. The first kappa shape index (κ1) is 97.0. The van der Waals surface area contributed by atoms with Crippen molar-refractivity contribution in [3.63, 3.8) is 0 Å². The van der Waals surface area contributed by atoms with Gasteiger partial charge in [0.2, 0.25) is 11.2 Å². The highest BCUT2D eigenvalue weighted by Gasteiger charge is 2.83. The van der Waals surface area contributed by atoms with Crippen molar-refractivity contribution in [2.75, 3.05) is 119 Å². The predicted octanol–water partition coefficient (Wildman–Crippen LogP) is 5.26. The monoisotopic (exact) mass is 1860 g/mol. The molecule has 12 aliphatic rings. The molecule has 134 heavy (non-hydrogen) atoms. The van der Waals surface area contributed by atoms with Crippen LogP contribution in [0.25, 0.3) is 21.8 Å². The normalized spacial score (nSPS) is 32.1. The first-order valence-corrected chi connectivity index (χ1v) is 45.3. The lowest BCUT2D eigenvalue weighted by molar-refractivity contribution is -0.229. The summed E-state index contributed by atoms with van der Waals surface area (Å²) < 4.78 is 47.8. The van der Waals surface area contributed by atoms with E-state index in [4.69, 9.17) is 78.7 Å². The number of nitrogens with zero attached hydrogens (tertiary/aromatic N) is 6. The molecule has 18 rings (SSSR count). The average Bonchev–Trinajstić information content (AvgIpc) is 1.47. The predicted molar refractivity (Wildman–Crippen MR) is 483 cm³/mol. The summed E-state index contributed by atoms with van der Waals surface area (Å²) in [5, 5.41) is 93.8. The summed E-state index contributed by atoms with van der Waals surface area (Å²) in [6, 6.07) is 22.3. The summed E-state index contributed by atoms with van der Waals surface area (Å²) in [5.74, 6) is -9.70. The number of aliphatic carboxylic acids is 4. The van der Waals surface area contributed by atoms with Crippen molar-refractivity contribution in [3.05, 3.63) is 165 Å². The Bertz CT molecular complexity index is 5460. The van der Waals surface area contributed by atoms with Gasteiger partial charge in [-0.05, 0) is 123 Å². The molecule has 36 heteroatoms. The number of fused-ring (bicyclic) bond motifs is 12. The number of aliphatic hydroxyl groups is 6. The van der Waals surface area contributed by atoms with Crippen LogP contribution in [-0.4, -0.2) is 321 Å². The number of hydrogen-bond acceptors (Lipinski definition) is 30. The lowest BCUT2D eigenvalue weighted by Gasteiger charge is -2.63. The van der Waals surface area contributed by atoms with Crippen LogP contribution in [0.15, 0.2) is 120 Å². The number of hydrogen-bond donors (Lipinski definition) is 12. The van der Waals surface area contributed by atoms with Crippen LogP contribution in [0.1, 0.15) is 138 Å². The Kier molecular flexibility index (Phi) is 26.2. The second-order valence-corrected chi connectivity index (χ2v) is 37.5. The lowest BCUT2D eigenvalue weighted by Crippen LogP contribution is -2.81. The average molecular weight is 1860 g/mol. The molecule has 12 heterocycles. The largest absolute Gasteiger partial charge is 0.496 e. The Morgan fingerprint density at radius 1 is 0.463 bits per heavy atom. The van der Waals surface area contributed by atoms with Crippen LogP contribution >= 0.6 is 0 Å². The first-order chi connectivity index (χ1) is 63.7. The Morgan fingerprint density at radius 2 is 0.806 bits per heavy atom. The summed E-state index contributed by atoms with van der Waals surface area (Å²) in [7, 11) is 12.4. The number of ether oxygens (including phenoxy) is 8. The Hall–Kier alpha value is -11.6. The fraction of sp³-hybridized carbons (Fsp3) is 0.531. The van der Waals surface area contributed by atoms with Gasteiger partial charge in [0.1, 0.15) is 22.3 Å². The maximum atomic E-state index is 15.2. The molecule has 4 unspecified atom stereocenters. The van der Waals surface area contributed by atoms with E-state index in [0.29, 0.717) is 100 Å². The number of likely N-dealkylation sites (N-methyl/N-ethyl adjacent to an activating group) is 2. The van der Waals surface area contributed by atoms with E-state index < -0.39 is 140 Å². The van der Waals surface area contributed by atoms with E-state index in [-0.39, 0.29) is 35.9 Å². The van der Waals surface area contributed by atoms with Crippen molar-refractivity contribution in [2.24, 2.45) is 22.7 Å². The zero-order valence-electron chi connectivity index (χ0n) is 77.6. The molecule has 0 amide bonds. The minimum Gasteiger partial charge on any atom is -0.496 e. The first-order valence-electron chi connectivity index (χ1n) is 45.3. The van der Waals surface area contributed by atoms with E-state index in [1.807, 2.05) is 74.1 Å². The number of carbonyl (C=O) groups excluding carboxylic acids is 6. The van der Waals surface area contributed by atoms with Crippen molar-refractivity contribution < 1.29 is 137 Å². The molecule has 10 aliphatic heterocycles. The number of esters is 6. The molecule has 4 bridgehead atoms. The van der Waals surface area contributed by atoms with Crippen molar-refractivity contribution >= 4 is 92.9 Å². The molecule has 2 spiro atoms. The molecular weight excluding hydrogens is 1740 g/mol. The van der Waals surface area contributed by atoms with Crippen LogP contribution in [0.3, 0.4) is 0 Å². The van der Waals surface area contributed by atoms with E-state index in [1.54, 1.807) is 14.2 Å². The van der Waals surface area contributed by atoms with Crippen LogP contribution < -0.4 is 19.3 Å². The fourth-order valence-corrected chi connectivity index (χ4v) is 26.2. The van der Waals surface area contributed by atoms with Gasteiger partial charge in [0, 0.05) is 182 Å². The van der Waals surface area contributed by atoms with Gasteiger partial charge in [-0.3, -0.25) is 38.8 Å². The summed E-state index contributed by atoms with van der Waals surface area (Å²) in [6.07, 6.45) is 6.28. The number of aliphatic hydroxyl groups excluding tert-OH is 4. The van der Waals surface area contributed by atoms with Crippen molar-refractivity contribution in [1.29, 1.82) is 0 Å². The molecule has 4 aromatic carbocycles. The zero-order chi connectivity index (χ0) is 97.1. The lowest BCUT2D eigenvalue weighted by atomic mass is 9.47. The van der Waals surface area contributed by atoms with E-state index in [0.717, 1.165) is 106 Å². The summed E-state index contributed by atoms with van der Waals surface area (Å²) in [6.45, 7) is 18.4. The number of anilines is 2. The fourth-order valence-electron chi connectivity index (χ4n) is 26.2. The molecule has 12 N–H and O–H groups in total. The van der Waals surface area contributed by atoms with Crippen molar-refractivity contribution in [3.8, 4) is 11.5 Å². The van der Waals surface area contributed by atoms with Gasteiger partial charge in [-0.25, -0.2) is 28.8 Å². The molecule has 22 atom stereocenters. The number of benzene rings is 4. The molecule has 4 fully saturated rings. The number of carboxylic acids is 4. The molecule has 2 saturated carbocycles. The van der Waals surface area contributed by atoms with Gasteiger partial charge in [-0.1, -0.05) is 112 Å². The van der Waals surface area contributed by atoms with Crippen LogP contribution in [0.2, 0.25) is 0 Å². The molecule has 0 radical (unpaired) electrons. The van der Waals surface area contributed by atoms with Gasteiger partial charge in [-0.2, -0.15) is 0 Å². The topological polar surface area (TPSA) is 498 Å². The highest BCUT2D eigenvalue weighted by molar-refractivity contribution is 5.98. The standard InChI is InChI=1S/2C45H54N4O8.2C4H6O6/c2*1-8-27-19-28-22-44(40(51)55-6,36-30(25-48(23-27)24-28)29-13-10-11-14-33(29)46-36)32-20-31-34(21-35(32)54-5)47(4)38-43(31)16-18-49-17-12-15-42(9-2,37(43)49)39(57-26(3)50)45(38,53)41(52)56-7;2*5-1(3(7)8)2(6)4(9)10/h2*10-15,19-21,28,37-39,46,53H,8-9,16-18,22-25H2,1-7H3;2*1-2,5-6H,(H,7,8)(H,9,10)/t2*28-,37-,38+,39+,42+,43+,44-,45-;;/m00../s1. The van der Waals surface area contributed by atoms with E-state index in [1.165, 1.54) is 53.4 Å². The van der Waals surface area contributed by atoms with Crippen LogP contribution in [0.5, 0.6) is 11.5 Å². The Labute approximate surface area is 773 Å². The van der Waals surface area contributed by atoms with Crippen LogP contribution in [-0.2, 0) is 111 Å². The zero-order valence-corrected chi connectivity index (χ0v) is 77.6. The smallest absolute Gasteiger partial charge is 0.344 e. The molecule has 36 nitrogen and oxygen atoms in total. The number of carbonyl (C=O) groups is 10. The minimum absolute atomic E-state index is 0.0284. The SMILES string of the molecule is CCC1=C[C@@H]2C[N@](C1)Cc1c([nH]c3ccccc13)[C@@](C(=O)OC)(c1cc3c(cc1OC)N(C)[C@H]1[C@@](O)(C(=O)OC)[C@H](OC(C)=O)[C@]4(CC)C=CCN5CC[C@]31[C@@H]54)C2.CCC1=C[C@@H]2C[N@](C1)Cc1c([nH]c3ccccc13)[C@@](C(=O)OC)(c1cc3c(cc1OC)N(C)[C@H]1[C@@](O)(C(=O)OC)[C@H](OC(C)=O)[C@]4(CC)C=CCN5CC[C@]31[C@@H]54)C2.O=C(O)C(O)C(O)C(=O)O.O=C(O)C(O)C(O)C(=O)O. The number of para-hydroxylation sites is 2. The third kappa shape index (κ3) is 14.5. The third-order valence-corrected chi connectivity index (χ3v) is 31.1. The molecule has 2 saturated heterocycles. The summed E-state index contributed by atoms with van der Waals surface area (Å²) >= 11 is 0. The number of carboxylic acid groups (broad SMARTS) is 4. The van der Waals surface area contributed by atoms with Gasteiger partial charge >= 0.3 is 59.7 Å². The van der Waals surface area contributed by atoms with Crippen molar-refractivity contribution in [2.45, 2.75) is 200 Å². The van der Waals surface area contributed by atoms with E-state index in [2.05, 4.69) is 116 Å². The van der Waals surface area contributed by atoms with Gasteiger partial charge in [0.05, 0.1) is 54.7 Å². The van der Waals surface area contributed by atoms with E-state index in [9.17, 15) is 48.6 Å². The highest BCUT2D eigenvalue weighted by Crippen LogP contribution is 2.71. The second-order valence-electron chi connectivity index (χ2n) is 37.5. The number of rotatable bonds is 20. The van der Waals surface area contributed by atoms with Gasteiger partial charge in [-0.15, -0.1) is 0 Å². The van der Waals surface area contributed by atoms with Crippen molar-refractivity contribution in [1.82, 2.24) is 29.6 Å². The van der Waals surface area contributed by atoms with Gasteiger partial charge in [0.15, 0.2) is 36.6 Å². The quantitative estimate of drug-likeness (QED) is 0.0263. The summed E-state index contributed by atoms with van der Waals surface area (Å²) in [4.78, 5) is 145. The number of methoxy groups -OCH3 is 6. The van der Waals surface area contributed by atoms with E-state index >= 15 is 9.59 Å². The number of aromatic nitrogens is 2. The molecule has 720 valence electrons. The number of aromatic amines is 2. The number of nitrogens with one attached hydrogen (secondary N) is 2. The molecule has 6 aromatic rings. The molecular formula is C98H120N8O28. The second kappa shape index (κ2) is 36.2. The summed E-state index contributed by atoms with van der Waals surface area (Å²) in [5.41, 5.74) is 2.10. The van der Waals surface area contributed by atoms with Crippen LogP contribution in [0, 0.1) is 22.7 Å². The Morgan fingerprint density at radius 3 is 1.11 bits per heavy atom. The van der Waals surface area contributed by atoms with Gasteiger partial charge in [0.25, 0.3) is 0 Å². The molecule has 2 aliphatic carbocycles.